The van der Waals surface area contributed by atoms with Crippen LogP contribution < -0.4 is 4.74 Å². The summed E-state index contributed by atoms with van der Waals surface area (Å²) in [6.07, 6.45) is 0. The fourth-order valence-corrected chi connectivity index (χ4v) is 2.63. The molecule has 0 aliphatic rings. The summed E-state index contributed by atoms with van der Waals surface area (Å²) >= 11 is 0. The monoisotopic (exact) mass is 349 g/mol. The number of para-hydroxylation sites is 1. The van der Waals surface area contributed by atoms with Crippen molar-refractivity contribution in [1.29, 1.82) is 0 Å². The first-order valence-corrected chi connectivity index (χ1v) is 8.58. The first kappa shape index (κ1) is 17.7. The second kappa shape index (κ2) is 7.44. The van der Waals surface area contributed by atoms with Crippen LogP contribution in [0.4, 0.5) is 0 Å². The molecule has 0 unspecified atom stereocenters. The molecular formula is C21H23N3O2. The highest BCUT2D eigenvalue weighted by Gasteiger charge is 2.21. The number of rotatable bonds is 5. The van der Waals surface area contributed by atoms with E-state index in [1.807, 2.05) is 79.2 Å². The number of amides is 1. The normalized spacial score (nSPS) is 10.8. The first-order valence-electron chi connectivity index (χ1n) is 8.58. The van der Waals surface area contributed by atoms with Crippen LogP contribution in [-0.2, 0) is 0 Å². The zero-order valence-electron chi connectivity index (χ0n) is 15.5. The Hall–Kier alpha value is -3.08. The number of hydrogen-bond acceptors (Lipinski definition) is 3. The topological polar surface area (TPSA) is 47.4 Å². The minimum atomic E-state index is -0.0931. The van der Waals surface area contributed by atoms with E-state index >= 15 is 0 Å². The van der Waals surface area contributed by atoms with Crippen LogP contribution >= 0.6 is 0 Å². The highest BCUT2D eigenvalue weighted by Crippen LogP contribution is 2.26. The molecule has 3 aromatic rings. The van der Waals surface area contributed by atoms with Crippen molar-refractivity contribution in [3.63, 3.8) is 0 Å². The Kier molecular flexibility index (Phi) is 5.07. The largest absolute Gasteiger partial charge is 0.497 e. The van der Waals surface area contributed by atoms with E-state index < -0.39 is 0 Å². The van der Waals surface area contributed by atoms with E-state index in [1.165, 1.54) is 0 Å². The number of hydrogen-bond donors (Lipinski definition) is 0. The van der Waals surface area contributed by atoms with Crippen molar-refractivity contribution < 1.29 is 9.53 Å². The summed E-state index contributed by atoms with van der Waals surface area (Å²) < 4.78 is 7.05. The van der Waals surface area contributed by atoms with Gasteiger partial charge in [0.1, 0.15) is 5.75 Å². The first-order chi connectivity index (χ1) is 12.5. The van der Waals surface area contributed by atoms with Gasteiger partial charge in [0.15, 0.2) is 5.69 Å². The predicted molar refractivity (Wildman–Crippen MR) is 103 cm³/mol. The van der Waals surface area contributed by atoms with Crippen LogP contribution in [-0.4, -0.2) is 40.8 Å². The maximum atomic E-state index is 12.7. The van der Waals surface area contributed by atoms with Gasteiger partial charge < -0.3 is 9.64 Å². The van der Waals surface area contributed by atoms with Gasteiger partial charge in [0.25, 0.3) is 5.91 Å². The third-order valence-electron chi connectivity index (χ3n) is 4.41. The Bertz CT molecular complexity index is 883. The Labute approximate surface area is 153 Å². The molecule has 2 aromatic carbocycles. The van der Waals surface area contributed by atoms with Crippen molar-refractivity contribution >= 4 is 5.91 Å². The Morgan fingerprint density at radius 1 is 1.08 bits per heavy atom. The number of carbonyl (C=O) groups excluding carboxylic acids is 1. The number of nitrogens with zero attached hydrogens (tertiary/aromatic N) is 3. The average molecular weight is 349 g/mol. The predicted octanol–water partition coefficient (Wildman–Crippen LogP) is 4.03. The zero-order chi connectivity index (χ0) is 18.7. The minimum absolute atomic E-state index is 0.0931. The Morgan fingerprint density at radius 3 is 2.31 bits per heavy atom. The molecule has 5 nitrogen and oxygen atoms in total. The summed E-state index contributed by atoms with van der Waals surface area (Å²) in [5.41, 5.74) is 3.16. The molecule has 3 rings (SSSR count). The molecule has 0 bridgehead atoms. The van der Waals surface area contributed by atoms with Crippen LogP contribution in [0.5, 0.6) is 5.75 Å². The molecule has 134 valence electrons. The third-order valence-corrected chi connectivity index (χ3v) is 4.41. The van der Waals surface area contributed by atoms with Gasteiger partial charge in [-0.3, -0.25) is 4.79 Å². The van der Waals surface area contributed by atoms with E-state index in [9.17, 15) is 4.79 Å². The molecule has 0 radical (unpaired) electrons. The van der Waals surface area contributed by atoms with Gasteiger partial charge >= 0.3 is 0 Å². The number of benzene rings is 2. The van der Waals surface area contributed by atoms with Gasteiger partial charge in [-0.1, -0.05) is 18.2 Å². The molecule has 1 amide bonds. The molecule has 26 heavy (non-hydrogen) atoms. The highest BCUT2D eigenvalue weighted by molar-refractivity contribution is 5.93. The van der Waals surface area contributed by atoms with Gasteiger partial charge in [-0.05, 0) is 56.3 Å². The molecule has 0 aliphatic heterocycles. The van der Waals surface area contributed by atoms with Crippen molar-refractivity contribution in [3.05, 3.63) is 66.4 Å². The zero-order valence-corrected chi connectivity index (χ0v) is 15.5. The summed E-state index contributed by atoms with van der Waals surface area (Å²) in [7, 11) is 3.43. The smallest absolute Gasteiger partial charge is 0.274 e. The maximum Gasteiger partial charge on any atom is 0.274 e. The molecular weight excluding hydrogens is 326 g/mol. The lowest BCUT2D eigenvalue weighted by Gasteiger charge is -2.19. The quantitative estimate of drug-likeness (QED) is 0.699. The SMILES string of the molecule is COc1ccc(-c2cc(C(=O)N(C)C(C)C)nn2-c2ccccc2)cc1. The van der Waals surface area contributed by atoms with E-state index in [0.717, 1.165) is 22.7 Å². The van der Waals surface area contributed by atoms with E-state index in [2.05, 4.69) is 5.10 Å². The van der Waals surface area contributed by atoms with Crippen LogP contribution in [0.2, 0.25) is 0 Å². The summed E-state index contributed by atoms with van der Waals surface area (Å²) in [6, 6.07) is 19.5. The van der Waals surface area contributed by atoms with Gasteiger partial charge in [-0.2, -0.15) is 5.10 Å². The van der Waals surface area contributed by atoms with Gasteiger partial charge in [-0.15, -0.1) is 0 Å². The molecule has 1 heterocycles. The summed E-state index contributed by atoms with van der Waals surface area (Å²) in [5.74, 6) is 0.694. The maximum absolute atomic E-state index is 12.7. The van der Waals surface area contributed by atoms with Crippen molar-refractivity contribution in [2.45, 2.75) is 19.9 Å². The van der Waals surface area contributed by atoms with Crippen LogP contribution in [0.1, 0.15) is 24.3 Å². The fourth-order valence-electron chi connectivity index (χ4n) is 2.63. The highest BCUT2D eigenvalue weighted by atomic mass is 16.5. The van der Waals surface area contributed by atoms with E-state index in [4.69, 9.17) is 4.74 Å². The standard InChI is InChI=1S/C21H23N3O2/c1-15(2)23(3)21(25)19-14-20(16-10-12-18(26-4)13-11-16)24(22-19)17-8-6-5-7-9-17/h5-15H,1-4H3. The average Bonchev–Trinajstić information content (AvgIpc) is 3.13. The van der Waals surface area contributed by atoms with Gasteiger partial charge in [-0.25, -0.2) is 4.68 Å². The summed E-state index contributed by atoms with van der Waals surface area (Å²) in [5, 5.41) is 4.60. The van der Waals surface area contributed by atoms with E-state index in [0.29, 0.717) is 5.69 Å². The Morgan fingerprint density at radius 2 is 1.73 bits per heavy atom. The lowest BCUT2D eigenvalue weighted by Crippen LogP contribution is -2.33. The lowest BCUT2D eigenvalue weighted by molar-refractivity contribution is 0.0748. The van der Waals surface area contributed by atoms with Gasteiger partial charge in [0.05, 0.1) is 18.5 Å². The van der Waals surface area contributed by atoms with Crippen LogP contribution in [0.15, 0.2) is 60.7 Å². The fraction of sp³-hybridized carbons (Fsp3) is 0.238. The Balaban J connectivity index is 2.10. The number of methoxy groups -OCH3 is 1. The van der Waals surface area contributed by atoms with Crippen molar-refractivity contribution in [2.24, 2.45) is 0 Å². The molecule has 0 atom stereocenters. The van der Waals surface area contributed by atoms with E-state index in [1.54, 1.807) is 19.1 Å². The van der Waals surface area contributed by atoms with Crippen molar-refractivity contribution in [1.82, 2.24) is 14.7 Å². The summed E-state index contributed by atoms with van der Waals surface area (Å²) in [4.78, 5) is 14.4. The number of ether oxygens (including phenoxy) is 1. The molecule has 0 fully saturated rings. The van der Waals surface area contributed by atoms with Crippen LogP contribution in [0, 0.1) is 0 Å². The number of aromatic nitrogens is 2. The molecule has 0 saturated carbocycles. The van der Waals surface area contributed by atoms with Crippen LogP contribution in [0.25, 0.3) is 16.9 Å². The molecule has 0 N–H and O–H groups in total. The second-order valence-corrected chi connectivity index (χ2v) is 6.40. The molecule has 5 heteroatoms. The number of carbonyl (C=O) groups is 1. The van der Waals surface area contributed by atoms with Crippen molar-refractivity contribution in [3.8, 4) is 22.7 Å². The third kappa shape index (κ3) is 3.47. The molecule has 0 saturated heterocycles. The lowest BCUT2D eigenvalue weighted by atomic mass is 10.1. The summed E-state index contributed by atoms with van der Waals surface area (Å²) in [6.45, 7) is 3.97. The second-order valence-electron chi connectivity index (χ2n) is 6.40. The molecule has 1 aromatic heterocycles. The van der Waals surface area contributed by atoms with E-state index in [-0.39, 0.29) is 11.9 Å². The molecule has 0 aliphatic carbocycles. The van der Waals surface area contributed by atoms with Gasteiger partial charge in [0, 0.05) is 18.7 Å². The van der Waals surface area contributed by atoms with Crippen molar-refractivity contribution in [2.75, 3.05) is 14.2 Å². The van der Waals surface area contributed by atoms with Gasteiger partial charge in [0.2, 0.25) is 0 Å². The van der Waals surface area contributed by atoms with Crippen LogP contribution in [0.3, 0.4) is 0 Å². The molecule has 0 spiro atoms. The minimum Gasteiger partial charge on any atom is -0.497 e.